The molecule has 0 fully saturated rings. The summed E-state index contributed by atoms with van der Waals surface area (Å²) in [5.74, 6) is 0.467. The molecule has 31 heavy (non-hydrogen) atoms. The van der Waals surface area contributed by atoms with Crippen LogP contribution in [0.1, 0.15) is 36.4 Å². The SMILES string of the molecule is COc1cc(C2=C3C(C)=CC(C)=[N+]3[B-](F)(F)n3c(C)cc(C)c32)c([N+](=O)[O-])cc1OC. The Morgan fingerprint density at radius 2 is 1.68 bits per heavy atom. The zero-order valence-corrected chi connectivity index (χ0v) is 18.1. The molecule has 0 bridgehead atoms. The van der Waals surface area contributed by atoms with Gasteiger partial charge in [-0.3, -0.25) is 10.1 Å². The van der Waals surface area contributed by atoms with E-state index in [1.807, 2.05) is 0 Å². The highest BCUT2D eigenvalue weighted by atomic mass is 19.2. The lowest BCUT2D eigenvalue weighted by atomic mass is 9.83. The first-order valence-corrected chi connectivity index (χ1v) is 9.72. The number of nitrogens with zero attached hydrogens (tertiary/aromatic N) is 3. The zero-order valence-electron chi connectivity index (χ0n) is 18.1. The predicted octanol–water partition coefficient (Wildman–Crippen LogP) is 4.46. The van der Waals surface area contributed by atoms with Crippen molar-refractivity contribution in [2.45, 2.75) is 27.7 Å². The van der Waals surface area contributed by atoms with Crippen molar-refractivity contribution in [1.82, 2.24) is 4.48 Å². The van der Waals surface area contributed by atoms with Gasteiger partial charge < -0.3 is 27.1 Å². The summed E-state index contributed by atoms with van der Waals surface area (Å²) in [4.78, 5) is 11.5. The second kappa shape index (κ2) is 6.80. The molecule has 1 aromatic heterocycles. The van der Waals surface area contributed by atoms with Gasteiger partial charge in [-0.2, -0.15) is 0 Å². The first-order valence-electron chi connectivity index (χ1n) is 9.72. The number of methoxy groups -OCH3 is 2. The van der Waals surface area contributed by atoms with E-state index in [1.54, 1.807) is 39.8 Å². The van der Waals surface area contributed by atoms with E-state index >= 15 is 8.63 Å². The first kappa shape index (κ1) is 20.8. The number of fused-ring (bicyclic) bond motifs is 2. The van der Waals surface area contributed by atoms with E-state index in [0.29, 0.717) is 28.1 Å². The van der Waals surface area contributed by atoms with Gasteiger partial charge in [0.1, 0.15) is 5.71 Å². The van der Waals surface area contributed by atoms with Gasteiger partial charge in [-0.05, 0) is 44.2 Å². The minimum Gasteiger partial charge on any atom is -0.493 e. The number of allylic oxidation sites excluding steroid dienone is 2. The lowest BCUT2D eigenvalue weighted by molar-refractivity contribution is -0.385. The molecule has 0 aliphatic carbocycles. The van der Waals surface area contributed by atoms with Crippen molar-refractivity contribution in [3.63, 3.8) is 0 Å². The number of nitro benzene ring substituents is 1. The Morgan fingerprint density at radius 1 is 1.06 bits per heavy atom. The summed E-state index contributed by atoms with van der Waals surface area (Å²) in [5, 5.41) is 12.0. The number of ether oxygens (including phenoxy) is 2. The molecule has 7 nitrogen and oxygen atoms in total. The van der Waals surface area contributed by atoms with Crippen LogP contribution in [-0.2, 0) is 0 Å². The molecule has 4 rings (SSSR count). The molecule has 0 saturated carbocycles. The third-order valence-electron chi connectivity index (χ3n) is 5.90. The van der Waals surface area contributed by atoms with Crippen LogP contribution in [0.15, 0.2) is 35.5 Å². The van der Waals surface area contributed by atoms with Crippen molar-refractivity contribution in [2.24, 2.45) is 0 Å². The van der Waals surface area contributed by atoms with E-state index in [9.17, 15) is 10.1 Å². The van der Waals surface area contributed by atoms with Crippen LogP contribution in [-0.4, -0.2) is 40.8 Å². The largest absolute Gasteiger partial charge is 0.737 e. The zero-order chi connectivity index (χ0) is 22.8. The van der Waals surface area contributed by atoms with Crippen LogP contribution in [0.3, 0.4) is 0 Å². The highest BCUT2D eigenvalue weighted by Gasteiger charge is 2.55. The Morgan fingerprint density at radius 3 is 2.26 bits per heavy atom. The van der Waals surface area contributed by atoms with E-state index in [-0.39, 0.29) is 34.1 Å². The van der Waals surface area contributed by atoms with Gasteiger partial charge in [-0.1, -0.05) is 0 Å². The fraction of sp³-hybridized carbons (Fsp3) is 0.286. The average Bonchev–Trinajstić information content (AvgIpc) is 3.17. The summed E-state index contributed by atoms with van der Waals surface area (Å²) < 4.78 is 44.1. The number of benzene rings is 1. The lowest BCUT2D eigenvalue weighted by Gasteiger charge is -2.34. The number of hydrogen-bond donors (Lipinski definition) is 0. The van der Waals surface area contributed by atoms with Crippen LogP contribution in [0.25, 0.3) is 5.57 Å². The van der Waals surface area contributed by atoms with Gasteiger partial charge in [-0.25, -0.2) is 0 Å². The summed E-state index contributed by atoms with van der Waals surface area (Å²) in [6, 6.07) is 4.43. The Hall–Kier alpha value is -3.43. The second-order valence-corrected chi connectivity index (χ2v) is 7.82. The summed E-state index contributed by atoms with van der Waals surface area (Å²) in [6.45, 7) is 2.53. The van der Waals surface area contributed by atoms with Gasteiger partial charge in [0.05, 0.1) is 36.3 Å². The van der Waals surface area contributed by atoms with E-state index in [2.05, 4.69) is 0 Å². The molecular weight excluding hydrogens is 407 g/mol. The Balaban J connectivity index is 2.22. The Bertz CT molecular complexity index is 1260. The highest BCUT2D eigenvalue weighted by Crippen LogP contribution is 2.48. The lowest BCUT2D eigenvalue weighted by Crippen LogP contribution is -2.51. The van der Waals surface area contributed by atoms with Crippen LogP contribution < -0.4 is 9.47 Å². The van der Waals surface area contributed by atoms with Gasteiger partial charge in [0.25, 0.3) is 5.69 Å². The number of rotatable bonds is 4. The molecular formula is C21H22BF2N3O4. The molecule has 0 amide bonds. The molecule has 0 unspecified atom stereocenters. The second-order valence-electron chi connectivity index (χ2n) is 7.82. The molecule has 0 spiro atoms. The van der Waals surface area contributed by atoms with Crippen molar-refractivity contribution in [1.29, 1.82) is 0 Å². The summed E-state index contributed by atoms with van der Waals surface area (Å²) in [7, 11) is 2.81. The molecule has 2 aliphatic rings. The van der Waals surface area contributed by atoms with Crippen molar-refractivity contribution >= 4 is 23.9 Å². The number of aryl methyl sites for hydroxylation is 2. The third-order valence-corrected chi connectivity index (χ3v) is 5.90. The predicted molar refractivity (Wildman–Crippen MR) is 114 cm³/mol. The van der Waals surface area contributed by atoms with Gasteiger partial charge >= 0.3 is 6.97 Å². The number of hydrogen-bond acceptors (Lipinski definition) is 4. The minimum absolute atomic E-state index is 0.190. The minimum atomic E-state index is -4.17. The number of aromatic nitrogens is 1. The normalized spacial score (nSPS) is 16.8. The van der Waals surface area contributed by atoms with Crippen molar-refractivity contribution < 1.29 is 27.5 Å². The molecule has 0 saturated heterocycles. The molecule has 2 aromatic rings. The van der Waals surface area contributed by atoms with E-state index in [4.69, 9.17) is 9.47 Å². The fourth-order valence-electron chi connectivity index (χ4n) is 4.77. The maximum Gasteiger partial charge on any atom is 0.737 e. The maximum atomic E-state index is 15.7. The Kier molecular flexibility index (Phi) is 4.57. The molecule has 0 atom stereocenters. The van der Waals surface area contributed by atoms with Crippen LogP contribution >= 0.6 is 0 Å². The highest BCUT2D eigenvalue weighted by molar-refractivity contribution is 6.58. The van der Waals surface area contributed by atoms with E-state index < -0.39 is 11.9 Å². The molecule has 3 heterocycles. The molecule has 2 aliphatic heterocycles. The quantitative estimate of drug-likeness (QED) is 0.409. The van der Waals surface area contributed by atoms with Crippen molar-refractivity contribution in [3.8, 4) is 11.5 Å². The van der Waals surface area contributed by atoms with Crippen molar-refractivity contribution in [3.05, 3.63) is 68.2 Å². The summed E-state index contributed by atoms with van der Waals surface area (Å²) in [6.07, 6.45) is 1.68. The van der Waals surface area contributed by atoms with Gasteiger partial charge in [0.15, 0.2) is 17.2 Å². The average molecular weight is 429 g/mol. The van der Waals surface area contributed by atoms with Crippen LogP contribution in [0.5, 0.6) is 11.5 Å². The smallest absolute Gasteiger partial charge is 0.493 e. The molecule has 0 radical (unpaired) electrons. The van der Waals surface area contributed by atoms with E-state index in [1.165, 1.54) is 26.4 Å². The first-order chi connectivity index (χ1) is 14.5. The van der Waals surface area contributed by atoms with Crippen LogP contribution in [0.2, 0.25) is 0 Å². The van der Waals surface area contributed by atoms with Gasteiger partial charge in [0.2, 0.25) is 0 Å². The standard InChI is InChI=1S/C21H22BF2N3O4/c1-11-7-13(3)25-20(11)19(21-12(2)8-14(4)26(21)22(25,23)24)15-9-17(30-5)18(31-6)10-16(15)27(28)29/h7-10H,1-6H3. The number of nitro groups is 1. The van der Waals surface area contributed by atoms with Crippen LogP contribution in [0.4, 0.5) is 14.3 Å². The number of halogens is 2. The monoisotopic (exact) mass is 429 g/mol. The molecule has 0 N–H and O–H groups in total. The van der Waals surface area contributed by atoms with Crippen molar-refractivity contribution in [2.75, 3.05) is 14.2 Å². The van der Waals surface area contributed by atoms with Crippen LogP contribution in [0, 0.1) is 24.0 Å². The fourth-order valence-corrected chi connectivity index (χ4v) is 4.77. The van der Waals surface area contributed by atoms with Gasteiger partial charge in [0, 0.05) is 24.3 Å². The summed E-state index contributed by atoms with van der Waals surface area (Å²) in [5.41, 5.74) is 2.85. The topological polar surface area (TPSA) is 69.5 Å². The third kappa shape index (κ3) is 2.74. The maximum absolute atomic E-state index is 15.7. The van der Waals surface area contributed by atoms with Gasteiger partial charge in [-0.15, -0.1) is 0 Å². The van der Waals surface area contributed by atoms with E-state index in [0.717, 1.165) is 8.96 Å². The molecule has 1 aromatic carbocycles. The Labute approximate surface area is 178 Å². The summed E-state index contributed by atoms with van der Waals surface area (Å²) >= 11 is 0. The molecule has 162 valence electrons. The molecule has 10 heteroatoms.